The molecule has 0 saturated heterocycles. The van der Waals surface area contributed by atoms with E-state index in [1.54, 1.807) is 19.6 Å². The quantitative estimate of drug-likeness (QED) is 0.738. The van der Waals surface area contributed by atoms with Crippen molar-refractivity contribution in [1.29, 1.82) is 0 Å². The number of hydrogen-bond acceptors (Lipinski definition) is 6. The van der Waals surface area contributed by atoms with Crippen molar-refractivity contribution in [1.82, 2.24) is 29.3 Å². The fourth-order valence-electron chi connectivity index (χ4n) is 2.08. The van der Waals surface area contributed by atoms with Gasteiger partial charge in [-0.1, -0.05) is 0 Å². The van der Waals surface area contributed by atoms with Gasteiger partial charge in [-0.15, -0.1) is 0 Å². The third kappa shape index (κ3) is 2.70. The van der Waals surface area contributed by atoms with E-state index in [1.165, 1.54) is 6.33 Å². The van der Waals surface area contributed by atoms with Crippen LogP contribution in [0, 0.1) is 0 Å². The summed E-state index contributed by atoms with van der Waals surface area (Å²) in [6.07, 6.45) is 6.96. The highest BCUT2D eigenvalue weighted by molar-refractivity contribution is 5.84. The molecular weight excluding hydrogens is 270 g/mol. The molecule has 0 fully saturated rings. The Balaban J connectivity index is 1.84. The van der Waals surface area contributed by atoms with Crippen LogP contribution in [0.3, 0.4) is 0 Å². The highest BCUT2D eigenvalue weighted by atomic mass is 16.5. The molecular formula is C13H17N7O. The Labute approximate surface area is 121 Å². The molecule has 3 rings (SSSR count). The van der Waals surface area contributed by atoms with Crippen molar-refractivity contribution in [3.63, 3.8) is 0 Å². The van der Waals surface area contributed by atoms with Crippen LogP contribution >= 0.6 is 0 Å². The Morgan fingerprint density at radius 2 is 2.19 bits per heavy atom. The monoisotopic (exact) mass is 287 g/mol. The van der Waals surface area contributed by atoms with Crippen LogP contribution in [0.25, 0.3) is 11.2 Å². The minimum absolute atomic E-state index is 0.625. The molecule has 0 saturated carbocycles. The van der Waals surface area contributed by atoms with Gasteiger partial charge in [0.2, 0.25) is 0 Å². The van der Waals surface area contributed by atoms with Crippen molar-refractivity contribution in [2.24, 2.45) is 0 Å². The lowest BCUT2D eigenvalue weighted by Gasteiger charge is -2.03. The van der Waals surface area contributed by atoms with E-state index in [0.29, 0.717) is 19.0 Å². The number of nitrogens with one attached hydrogen (secondary N) is 1. The summed E-state index contributed by atoms with van der Waals surface area (Å²) in [6, 6.07) is 0. The predicted molar refractivity (Wildman–Crippen MR) is 78.4 cm³/mol. The number of hydrogen-bond donors (Lipinski definition) is 1. The molecule has 3 aromatic rings. The van der Waals surface area contributed by atoms with Crippen LogP contribution in [0.15, 0.2) is 25.0 Å². The number of anilines is 2. The molecule has 0 aliphatic carbocycles. The highest BCUT2D eigenvalue weighted by Gasteiger charge is 2.10. The lowest BCUT2D eigenvalue weighted by molar-refractivity contribution is 0.183. The fraction of sp³-hybridized carbons (Fsp3) is 0.385. The van der Waals surface area contributed by atoms with E-state index in [0.717, 1.165) is 23.4 Å². The van der Waals surface area contributed by atoms with E-state index in [2.05, 4.69) is 32.3 Å². The van der Waals surface area contributed by atoms with Crippen molar-refractivity contribution in [3.05, 3.63) is 25.0 Å². The molecule has 3 aromatic heterocycles. The van der Waals surface area contributed by atoms with Gasteiger partial charge >= 0.3 is 0 Å². The molecule has 21 heavy (non-hydrogen) atoms. The molecule has 0 atom stereocenters. The smallest absolute Gasteiger partial charge is 0.165 e. The summed E-state index contributed by atoms with van der Waals surface area (Å²) in [6.45, 7) is 4.21. The first-order valence-corrected chi connectivity index (χ1v) is 6.76. The Hall–Kier alpha value is -2.48. The average molecular weight is 287 g/mol. The zero-order chi connectivity index (χ0) is 14.7. The van der Waals surface area contributed by atoms with Gasteiger partial charge in [-0.05, 0) is 6.92 Å². The normalized spacial score (nSPS) is 11.1. The Bertz CT molecular complexity index is 733. The molecule has 8 heteroatoms. The second-order valence-electron chi connectivity index (χ2n) is 4.53. The summed E-state index contributed by atoms with van der Waals surface area (Å²) in [5.41, 5.74) is 2.43. The number of imidazole rings is 1. The summed E-state index contributed by atoms with van der Waals surface area (Å²) >= 11 is 0. The van der Waals surface area contributed by atoms with Crippen LogP contribution in [0.4, 0.5) is 11.5 Å². The van der Waals surface area contributed by atoms with Crippen LogP contribution in [0.1, 0.15) is 6.92 Å². The van der Waals surface area contributed by atoms with E-state index in [-0.39, 0.29) is 0 Å². The number of methoxy groups -OCH3 is 1. The molecule has 0 aliphatic heterocycles. The van der Waals surface area contributed by atoms with Crippen LogP contribution in [-0.4, -0.2) is 43.0 Å². The Morgan fingerprint density at radius 3 is 3.00 bits per heavy atom. The number of rotatable bonds is 6. The molecule has 0 unspecified atom stereocenters. The molecule has 0 amide bonds. The molecule has 0 spiro atoms. The van der Waals surface area contributed by atoms with Gasteiger partial charge in [0.15, 0.2) is 17.0 Å². The molecule has 3 heterocycles. The van der Waals surface area contributed by atoms with Gasteiger partial charge in [-0.2, -0.15) is 5.10 Å². The van der Waals surface area contributed by atoms with Gasteiger partial charge < -0.3 is 14.6 Å². The number of aryl methyl sites for hydroxylation is 1. The number of nitrogens with zero attached hydrogens (tertiary/aromatic N) is 6. The molecule has 0 radical (unpaired) electrons. The maximum atomic E-state index is 5.03. The second-order valence-corrected chi connectivity index (χ2v) is 4.53. The van der Waals surface area contributed by atoms with Crippen molar-refractivity contribution in [2.45, 2.75) is 20.0 Å². The van der Waals surface area contributed by atoms with Crippen LogP contribution < -0.4 is 5.32 Å². The SMILES string of the molecule is CCn1cnc2c(Nc3cnn(CCOC)c3)ncnc21. The first-order valence-electron chi connectivity index (χ1n) is 6.76. The van der Waals surface area contributed by atoms with Crippen LogP contribution in [-0.2, 0) is 17.8 Å². The van der Waals surface area contributed by atoms with E-state index in [9.17, 15) is 0 Å². The Morgan fingerprint density at radius 1 is 1.29 bits per heavy atom. The van der Waals surface area contributed by atoms with Gasteiger partial charge in [0.05, 0.1) is 31.4 Å². The minimum atomic E-state index is 0.625. The van der Waals surface area contributed by atoms with Gasteiger partial charge in [-0.25, -0.2) is 15.0 Å². The first-order chi connectivity index (χ1) is 10.3. The van der Waals surface area contributed by atoms with Crippen molar-refractivity contribution in [2.75, 3.05) is 19.0 Å². The third-order valence-corrected chi connectivity index (χ3v) is 3.16. The van der Waals surface area contributed by atoms with Crippen molar-refractivity contribution in [3.8, 4) is 0 Å². The zero-order valence-electron chi connectivity index (χ0n) is 12.0. The largest absolute Gasteiger partial charge is 0.383 e. The maximum absolute atomic E-state index is 5.03. The van der Waals surface area contributed by atoms with Gasteiger partial charge in [0, 0.05) is 19.9 Å². The van der Waals surface area contributed by atoms with Crippen LogP contribution in [0.5, 0.6) is 0 Å². The first kappa shape index (κ1) is 13.5. The fourth-order valence-corrected chi connectivity index (χ4v) is 2.08. The third-order valence-electron chi connectivity index (χ3n) is 3.16. The van der Waals surface area contributed by atoms with Crippen LogP contribution in [0.2, 0.25) is 0 Å². The van der Waals surface area contributed by atoms with E-state index < -0.39 is 0 Å². The number of ether oxygens (including phenoxy) is 1. The molecule has 8 nitrogen and oxygen atoms in total. The molecule has 0 bridgehead atoms. The molecule has 0 aromatic carbocycles. The Kier molecular flexibility index (Phi) is 3.78. The summed E-state index contributed by atoms with van der Waals surface area (Å²) in [5.74, 6) is 0.679. The summed E-state index contributed by atoms with van der Waals surface area (Å²) in [4.78, 5) is 12.9. The van der Waals surface area contributed by atoms with Crippen molar-refractivity contribution >= 4 is 22.7 Å². The van der Waals surface area contributed by atoms with Gasteiger partial charge in [-0.3, -0.25) is 4.68 Å². The standard InChI is InChI=1S/C13H17N7O/c1-3-19-9-16-11-12(14-8-15-13(11)19)18-10-6-17-20(7-10)4-5-21-2/h6-9H,3-5H2,1-2H3,(H,14,15,18). The predicted octanol–water partition coefficient (Wildman–Crippen LogP) is 1.43. The topological polar surface area (TPSA) is 82.7 Å². The van der Waals surface area contributed by atoms with E-state index in [1.807, 2.05) is 15.4 Å². The van der Waals surface area contributed by atoms with Gasteiger partial charge in [0.25, 0.3) is 0 Å². The van der Waals surface area contributed by atoms with Gasteiger partial charge in [0.1, 0.15) is 6.33 Å². The van der Waals surface area contributed by atoms with E-state index in [4.69, 9.17) is 4.74 Å². The molecule has 1 N–H and O–H groups in total. The van der Waals surface area contributed by atoms with Crippen molar-refractivity contribution < 1.29 is 4.74 Å². The second kappa shape index (κ2) is 5.88. The number of aromatic nitrogens is 6. The molecule has 0 aliphatic rings. The molecule has 110 valence electrons. The summed E-state index contributed by atoms with van der Waals surface area (Å²) in [5, 5.41) is 7.49. The average Bonchev–Trinajstić information content (AvgIpc) is 3.12. The highest BCUT2D eigenvalue weighted by Crippen LogP contribution is 2.21. The maximum Gasteiger partial charge on any atom is 0.165 e. The number of fused-ring (bicyclic) bond motifs is 1. The lowest BCUT2D eigenvalue weighted by atomic mass is 10.4. The minimum Gasteiger partial charge on any atom is -0.383 e. The summed E-state index contributed by atoms with van der Waals surface area (Å²) in [7, 11) is 1.67. The summed E-state index contributed by atoms with van der Waals surface area (Å²) < 4.78 is 8.82. The van der Waals surface area contributed by atoms with E-state index >= 15 is 0 Å². The zero-order valence-corrected chi connectivity index (χ0v) is 12.0. The lowest BCUT2D eigenvalue weighted by Crippen LogP contribution is -2.04.